The molecule has 0 saturated carbocycles. The molecule has 1 aliphatic heterocycles. The van der Waals surface area contributed by atoms with Gasteiger partial charge in [-0.05, 0) is 49.5 Å². The molecule has 1 fully saturated rings. The zero-order valence-electron chi connectivity index (χ0n) is 15.0. The second-order valence-electron chi connectivity index (χ2n) is 6.14. The molecule has 160 valence electrons. The molecule has 1 aromatic carbocycles. The highest BCUT2D eigenvalue weighted by Crippen LogP contribution is 2.30. The summed E-state index contributed by atoms with van der Waals surface area (Å²) in [5.74, 6) is -2.42. The highest BCUT2D eigenvalue weighted by atomic mass is 19.4. The van der Waals surface area contributed by atoms with Gasteiger partial charge in [0.1, 0.15) is 11.8 Å². The Labute approximate surface area is 158 Å². The fourth-order valence-corrected chi connectivity index (χ4v) is 2.70. The summed E-state index contributed by atoms with van der Waals surface area (Å²) in [6.07, 6.45) is -8.19. The molecular formula is C17H22F6N2O3. The first-order valence-electron chi connectivity index (χ1n) is 8.39. The molecule has 1 aliphatic rings. The first-order valence-corrected chi connectivity index (χ1v) is 8.39. The van der Waals surface area contributed by atoms with E-state index >= 15 is 0 Å². The topological polar surface area (TPSA) is 70.6 Å². The van der Waals surface area contributed by atoms with E-state index in [0.29, 0.717) is 31.7 Å². The molecule has 3 N–H and O–H groups in total. The first kappa shape index (κ1) is 24.0. The minimum absolute atomic E-state index is 0.206. The quantitative estimate of drug-likeness (QED) is 0.643. The van der Waals surface area contributed by atoms with Crippen LogP contribution in [0.5, 0.6) is 5.75 Å². The van der Waals surface area contributed by atoms with Crippen molar-refractivity contribution in [3.63, 3.8) is 0 Å². The Balaban J connectivity index is 0.000000480. The number of hydrogen-bond donors (Lipinski definition) is 3. The Morgan fingerprint density at radius 2 is 1.68 bits per heavy atom. The number of rotatable bonds is 5. The van der Waals surface area contributed by atoms with Gasteiger partial charge in [-0.25, -0.2) is 4.79 Å². The average Bonchev–Trinajstić information content (AvgIpc) is 2.62. The normalized spacial score (nSPS) is 16.7. The maximum atomic E-state index is 13.2. The number of nitrogens with one attached hydrogen (secondary N) is 2. The zero-order valence-corrected chi connectivity index (χ0v) is 15.0. The minimum Gasteiger partial charge on any atom is -0.497 e. The highest BCUT2D eigenvalue weighted by Gasteiger charge is 2.44. The molecule has 0 amide bonds. The molecule has 1 atom stereocenters. The average molecular weight is 416 g/mol. The van der Waals surface area contributed by atoms with Crippen LogP contribution in [0.25, 0.3) is 0 Å². The molecule has 0 aliphatic carbocycles. The van der Waals surface area contributed by atoms with Gasteiger partial charge in [0.25, 0.3) is 0 Å². The molecule has 0 spiro atoms. The molecule has 0 aromatic heterocycles. The molecule has 11 heteroatoms. The van der Waals surface area contributed by atoms with Crippen LogP contribution in [0.3, 0.4) is 0 Å². The molecule has 1 aromatic rings. The summed E-state index contributed by atoms with van der Waals surface area (Å²) < 4.78 is 76.4. The molecule has 1 heterocycles. The van der Waals surface area contributed by atoms with Gasteiger partial charge in [-0.3, -0.25) is 0 Å². The van der Waals surface area contributed by atoms with E-state index in [1.807, 2.05) is 0 Å². The van der Waals surface area contributed by atoms with Crippen LogP contribution in [0.4, 0.5) is 26.3 Å². The fourth-order valence-electron chi connectivity index (χ4n) is 2.70. The molecule has 1 saturated heterocycles. The Morgan fingerprint density at radius 3 is 2.07 bits per heavy atom. The smallest absolute Gasteiger partial charge is 0.490 e. The van der Waals surface area contributed by atoms with E-state index in [0.717, 1.165) is 5.56 Å². The van der Waals surface area contributed by atoms with E-state index in [4.69, 9.17) is 14.6 Å². The lowest BCUT2D eigenvalue weighted by atomic mass is 9.89. The van der Waals surface area contributed by atoms with E-state index < -0.39 is 24.4 Å². The number of ether oxygens (including phenoxy) is 1. The van der Waals surface area contributed by atoms with Crippen LogP contribution in [-0.2, 0) is 11.3 Å². The number of methoxy groups -OCH3 is 1. The lowest BCUT2D eigenvalue weighted by Gasteiger charge is -2.32. The van der Waals surface area contributed by atoms with Crippen molar-refractivity contribution in [2.75, 3.05) is 20.2 Å². The van der Waals surface area contributed by atoms with Crippen molar-refractivity contribution in [1.82, 2.24) is 10.6 Å². The number of benzene rings is 1. The van der Waals surface area contributed by atoms with Gasteiger partial charge in [0, 0.05) is 6.54 Å². The van der Waals surface area contributed by atoms with Gasteiger partial charge in [0.15, 0.2) is 0 Å². The second kappa shape index (κ2) is 10.5. The van der Waals surface area contributed by atoms with Crippen LogP contribution in [-0.4, -0.2) is 49.7 Å². The molecule has 1 unspecified atom stereocenters. The second-order valence-corrected chi connectivity index (χ2v) is 6.14. The molecule has 28 heavy (non-hydrogen) atoms. The lowest BCUT2D eigenvalue weighted by Crippen LogP contribution is -2.50. The third-order valence-corrected chi connectivity index (χ3v) is 4.14. The summed E-state index contributed by atoms with van der Waals surface area (Å²) in [4.78, 5) is 8.90. The summed E-state index contributed by atoms with van der Waals surface area (Å²) in [6.45, 7) is 1.51. The predicted molar refractivity (Wildman–Crippen MR) is 89.0 cm³/mol. The van der Waals surface area contributed by atoms with Crippen LogP contribution in [0, 0.1) is 5.92 Å². The number of carbonyl (C=O) groups is 1. The Kier molecular flexibility index (Phi) is 9.02. The SMILES string of the molecule is COc1ccc(CNC(C2CCNCC2)C(F)(F)F)cc1.O=C(O)C(F)(F)F. The fraction of sp³-hybridized carbons (Fsp3) is 0.588. The van der Waals surface area contributed by atoms with Gasteiger partial charge < -0.3 is 20.5 Å². The van der Waals surface area contributed by atoms with E-state index in [1.165, 1.54) is 0 Å². The molecule has 0 bridgehead atoms. The van der Waals surface area contributed by atoms with Gasteiger partial charge in [-0.1, -0.05) is 12.1 Å². The third-order valence-electron chi connectivity index (χ3n) is 4.14. The first-order chi connectivity index (χ1) is 12.9. The van der Waals surface area contributed by atoms with Gasteiger partial charge in [-0.2, -0.15) is 26.3 Å². The monoisotopic (exact) mass is 416 g/mol. The van der Waals surface area contributed by atoms with Crippen LogP contribution in [0.15, 0.2) is 24.3 Å². The van der Waals surface area contributed by atoms with Gasteiger partial charge in [-0.15, -0.1) is 0 Å². The Hall–Kier alpha value is -2.01. The molecule has 2 rings (SSSR count). The van der Waals surface area contributed by atoms with E-state index in [1.54, 1.807) is 31.4 Å². The van der Waals surface area contributed by atoms with Crippen LogP contribution >= 0.6 is 0 Å². The summed E-state index contributed by atoms with van der Waals surface area (Å²) >= 11 is 0. The molecule has 0 radical (unpaired) electrons. The number of aliphatic carboxylic acids is 1. The number of piperidine rings is 1. The van der Waals surface area contributed by atoms with Crippen molar-refractivity contribution in [3.8, 4) is 5.75 Å². The number of hydrogen-bond acceptors (Lipinski definition) is 4. The van der Waals surface area contributed by atoms with Crippen molar-refractivity contribution >= 4 is 5.97 Å². The number of alkyl halides is 6. The largest absolute Gasteiger partial charge is 0.497 e. The van der Waals surface area contributed by atoms with Crippen molar-refractivity contribution < 1.29 is 41.0 Å². The predicted octanol–water partition coefficient (Wildman–Crippen LogP) is 3.35. The van der Waals surface area contributed by atoms with Crippen molar-refractivity contribution in [1.29, 1.82) is 0 Å². The van der Waals surface area contributed by atoms with Crippen molar-refractivity contribution in [2.45, 2.75) is 37.8 Å². The minimum atomic E-state index is -5.08. The third kappa shape index (κ3) is 8.34. The summed E-state index contributed by atoms with van der Waals surface area (Å²) in [6, 6.07) is 5.62. The van der Waals surface area contributed by atoms with Crippen LogP contribution in [0.1, 0.15) is 18.4 Å². The summed E-state index contributed by atoms with van der Waals surface area (Å²) in [7, 11) is 1.56. The molecular weight excluding hydrogens is 394 g/mol. The maximum absolute atomic E-state index is 13.2. The Morgan fingerprint density at radius 1 is 1.18 bits per heavy atom. The van der Waals surface area contributed by atoms with Gasteiger partial charge >= 0.3 is 18.3 Å². The van der Waals surface area contributed by atoms with Crippen molar-refractivity contribution in [3.05, 3.63) is 29.8 Å². The standard InChI is InChI=1S/C15H21F3N2O.C2HF3O2/c1-21-13-4-2-11(3-5-13)10-20-14(15(16,17)18)12-6-8-19-9-7-12;3-2(4,5)1(6)7/h2-5,12,14,19-20H,6-10H2,1H3;(H,6,7). The number of carboxylic acid groups (broad SMARTS) is 1. The van der Waals surface area contributed by atoms with E-state index in [9.17, 15) is 26.3 Å². The van der Waals surface area contributed by atoms with Crippen LogP contribution in [0.2, 0.25) is 0 Å². The van der Waals surface area contributed by atoms with E-state index in [-0.39, 0.29) is 12.5 Å². The number of halogens is 6. The summed E-state index contributed by atoms with van der Waals surface area (Å²) in [5.41, 5.74) is 0.819. The summed E-state index contributed by atoms with van der Waals surface area (Å²) in [5, 5.41) is 12.9. The highest BCUT2D eigenvalue weighted by molar-refractivity contribution is 5.73. The maximum Gasteiger partial charge on any atom is 0.490 e. The Bertz CT molecular complexity index is 598. The van der Waals surface area contributed by atoms with Crippen molar-refractivity contribution in [2.24, 2.45) is 5.92 Å². The lowest BCUT2D eigenvalue weighted by molar-refractivity contribution is -0.192. The van der Waals surface area contributed by atoms with Gasteiger partial charge in [0.05, 0.1) is 7.11 Å². The van der Waals surface area contributed by atoms with E-state index in [2.05, 4.69) is 10.6 Å². The zero-order chi connectivity index (χ0) is 21.4. The number of carboxylic acids is 1. The molecule has 5 nitrogen and oxygen atoms in total. The van der Waals surface area contributed by atoms with Gasteiger partial charge in [0.2, 0.25) is 0 Å². The van der Waals surface area contributed by atoms with Crippen LogP contribution < -0.4 is 15.4 Å².